The van der Waals surface area contributed by atoms with Gasteiger partial charge in [-0.25, -0.2) is 4.98 Å². The molecule has 0 radical (unpaired) electrons. The third-order valence-corrected chi connectivity index (χ3v) is 4.68. The van der Waals surface area contributed by atoms with Crippen LogP contribution in [0.4, 0.5) is 5.82 Å². The Morgan fingerprint density at radius 2 is 1.70 bits per heavy atom. The van der Waals surface area contributed by atoms with Crippen LogP contribution in [0.5, 0.6) is 5.75 Å². The minimum atomic E-state index is -0.405. The first-order valence-corrected chi connectivity index (χ1v) is 9.23. The molecule has 27 heavy (non-hydrogen) atoms. The highest BCUT2D eigenvalue weighted by Gasteiger charge is 2.13. The minimum Gasteiger partial charge on any atom is -0.485 e. The molecule has 0 saturated carbocycles. The molecule has 0 saturated heterocycles. The Hall–Kier alpha value is -1.98. The summed E-state index contributed by atoms with van der Waals surface area (Å²) in [6.45, 7) is 0.231. The van der Waals surface area contributed by atoms with E-state index in [9.17, 15) is 4.79 Å². The van der Waals surface area contributed by atoms with Crippen LogP contribution in [0.25, 0.3) is 0 Å². The number of hydrogen-bond acceptors (Lipinski definition) is 3. The molecule has 3 rings (SSSR count). The third kappa shape index (κ3) is 5.27. The number of benzene rings is 2. The highest BCUT2D eigenvalue weighted by Crippen LogP contribution is 2.26. The topological polar surface area (TPSA) is 51.2 Å². The molecule has 2 aromatic carbocycles. The van der Waals surface area contributed by atoms with Gasteiger partial charge in [0.15, 0.2) is 11.6 Å². The van der Waals surface area contributed by atoms with Gasteiger partial charge in [-0.15, -0.1) is 0 Å². The zero-order chi connectivity index (χ0) is 19.4. The first-order chi connectivity index (χ1) is 12.9. The molecular formula is C19H12Cl4N2O2. The van der Waals surface area contributed by atoms with Gasteiger partial charge in [-0.05, 0) is 48.0 Å². The SMILES string of the molecule is O=C(Nc1ncccc1OCc1ccc(Cl)c(Cl)c1)c1cc(Cl)cc(Cl)c1. The molecule has 0 unspecified atom stereocenters. The maximum absolute atomic E-state index is 12.5. The normalized spacial score (nSPS) is 10.5. The molecule has 0 aliphatic rings. The zero-order valence-electron chi connectivity index (χ0n) is 13.7. The van der Waals surface area contributed by atoms with Crippen molar-refractivity contribution >= 4 is 58.1 Å². The Morgan fingerprint density at radius 1 is 0.963 bits per heavy atom. The van der Waals surface area contributed by atoms with E-state index in [-0.39, 0.29) is 12.4 Å². The second kappa shape index (κ2) is 8.81. The van der Waals surface area contributed by atoms with Crippen LogP contribution in [-0.4, -0.2) is 10.9 Å². The number of halogens is 4. The van der Waals surface area contributed by atoms with Gasteiger partial charge in [-0.1, -0.05) is 52.5 Å². The first kappa shape index (κ1) is 19.8. The van der Waals surface area contributed by atoms with Crippen LogP contribution in [-0.2, 0) is 6.61 Å². The Balaban J connectivity index is 1.75. The molecule has 1 heterocycles. The fourth-order valence-electron chi connectivity index (χ4n) is 2.26. The third-order valence-electron chi connectivity index (χ3n) is 3.51. The molecule has 0 aliphatic heterocycles. The van der Waals surface area contributed by atoms with Gasteiger partial charge in [0, 0.05) is 21.8 Å². The number of carbonyl (C=O) groups excluding carboxylic acids is 1. The van der Waals surface area contributed by atoms with E-state index in [4.69, 9.17) is 51.1 Å². The average molecular weight is 442 g/mol. The lowest BCUT2D eigenvalue weighted by Gasteiger charge is -2.12. The summed E-state index contributed by atoms with van der Waals surface area (Å²) in [7, 11) is 0. The van der Waals surface area contributed by atoms with Crippen molar-refractivity contribution < 1.29 is 9.53 Å². The van der Waals surface area contributed by atoms with Crippen LogP contribution in [0.3, 0.4) is 0 Å². The molecule has 4 nitrogen and oxygen atoms in total. The predicted octanol–water partition coefficient (Wildman–Crippen LogP) is 6.53. The van der Waals surface area contributed by atoms with Crippen molar-refractivity contribution in [3.05, 3.63) is 85.9 Å². The molecular weight excluding hydrogens is 430 g/mol. The molecule has 138 valence electrons. The Morgan fingerprint density at radius 3 is 2.41 bits per heavy atom. The molecule has 1 amide bonds. The van der Waals surface area contributed by atoms with Gasteiger partial charge in [-0.2, -0.15) is 0 Å². The summed E-state index contributed by atoms with van der Waals surface area (Å²) < 4.78 is 5.77. The summed E-state index contributed by atoms with van der Waals surface area (Å²) in [5, 5.41) is 4.34. The minimum absolute atomic E-state index is 0.231. The highest BCUT2D eigenvalue weighted by atomic mass is 35.5. The number of anilines is 1. The van der Waals surface area contributed by atoms with Crippen molar-refractivity contribution in [2.45, 2.75) is 6.61 Å². The number of pyridine rings is 1. The number of ether oxygens (including phenoxy) is 1. The second-order valence-corrected chi connectivity index (χ2v) is 7.19. The second-order valence-electron chi connectivity index (χ2n) is 5.50. The highest BCUT2D eigenvalue weighted by molar-refractivity contribution is 6.42. The van der Waals surface area contributed by atoms with Crippen molar-refractivity contribution in [2.75, 3.05) is 5.32 Å². The maximum Gasteiger partial charge on any atom is 0.257 e. The monoisotopic (exact) mass is 440 g/mol. The fourth-order valence-corrected chi connectivity index (χ4v) is 3.10. The number of amides is 1. The molecule has 0 spiro atoms. The van der Waals surface area contributed by atoms with Crippen molar-refractivity contribution in [1.82, 2.24) is 4.98 Å². The van der Waals surface area contributed by atoms with E-state index < -0.39 is 5.91 Å². The van der Waals surface area contributed by atoms with Crippen molar-refractivity contribution in [2.24, 2.45) is 0 Å². The van der Waals surface area contributed by atoms with Crippen molar-refractivity contribution in [3.63, 3.8) is 0 Å². The van der Waals surface area contributed by atoms with Gasteiger partial charge < -0.3 is 10.1 Å². The lowest BCUT2D eigenvalue weighted by atomic mass is 10.2. The summed E-state index contributed by atoms with van der Waals surface area (Å²) >= 11 is 23.8. The molecule has 1 N–H and O–H groups in total. The van der Waals surface area contributed by atoms with Gasteiger partial charge in [0.2, 0.25) is 0 Å². The number of nitrogens with one attached hydrogen (secondary N) is 1. The summed E-state index contributed by atoms with van der Waals surface area (Å²) in [5.74, 6) is 0.279. The molecule has 8 heteroatoms. The number of hydrogen-bond donors (Lipinski definition) is 1. The standard InChI is InChI=1S/C19H12Cl4N2O2/c20-13-7-12(8-14(21)9-13)19(26)25-18-17(2-1-5-24-18)27-10-11-3-4-15(22)16(23)6-11/h1-9H,10H2,(H,24,25,26). The maximum atomic E-state index is 12.5. The van der Waals surface area contributed by atoms with Crippen molar-refractivity contribution in [3.8, 4) is 5.75 Å². The lowest BCUT2D eigenvalue weighted by Crippen LogP contribution is -2.14. The largest absolute Gasteiger partial charge is 0.485 e. The van der Waals surface area contributed by atoms with Crippen LogP contribution in [0.1, 0.15) is 15.9 Å². The Kier molecular flexibility index (Phi) is 6.45. The van der Waals surface area contributed by atoms with Crippen LogP contribution < -0.4 is 10.1 Å². The van der Waals surface area contributed by atoms with Crippen molar-refractivity contribution in [1.29, 1.82) is 0 Å². The number of carbonyl (C=O) groups is 1. The van der Waals surface area contributed by atoms with Gasteiger partial charge in [0.1, 0.15) is 6.61 Å². The van der Waals surface area contributed by atoms with Crippen LogP contribution in [0, 0.1) is 0 Å². The van der Waals surface area contributed by atoms with Gasteiger partial charge in [0.25, 0.3) is 5.91 Å². The number of rotatable bonds is 5. The van der Waals surface area contributed by atoms with E-state index in [0.29, 0.717) is 31.4 Å². The molecule has 0 bridgehead atoms. The molecule has 0 atom stereocenters. The fraction of sp³-hybridized carbons (Fsp3) is 0.0526. The Labute approximate surface area is 176 Å². The quantitative estimate of drug-likeness (QED) is 0.489. The molecule has 1 aromatic heterocycles. The number of aromatic nitrogens is 1. The summed E-state index contributed by atoms with van der Waals surface area (Å²) in [6, 6.07) is 13.2. The number of nitrogens with zero attached hydrogens (tertiary/aromatic N) is 1. The molecule has 0 aliphatic carbocycles. The van der Waals surface area contributed by atoms with E-state index >= 15 is 0 Å². The molecule has 3 aromatic rings. The van der Waals surface area contributed by atoms with Crippen LogP contribution in [0.15, 0.2) is 54.7 Å². The molecule has 0 fully saturated rings. The smallest absolute Gasteiger partial charge is 0.257 e. The lowest BCUT2D eigenvalue weighted by molar-refractivity contribution is 0.102. The van der Waals surface area contributed by atoms with E-state index in [2.05, 4.69) is 10.3 Å². The summed E-state index contributed by atoms with van der Waals surface area (Å²) in [5.41, 5.74) is 1.14. The van der Waals surface area contributed by atoms with Crippen LogP contribution in [0.2, 0.25) is 20.1 Å². The van der Waals surface area contributed by atoms with E-state index in [1.54, 1.807) is 42.6 Å². The van der Waals surface area contributed by atoms with Gasteiger partial charge in [0.05, 0.1) is 10.0 Å². The van der Waals surface area contributed by atoms with E-state index in [1.165, 1.54) is 12.1 Å². The zero-order valence-corrected chi connectivity index (χ0v) is 16.7. The van der Waals surface area contributed by atoms with E-state index in [0.717, 1.165) is 5.56 Å². The predicted molar refractivity (Wildman–Crippen MR) is 109 cm³/mol. The van der Waals surface area contributed by atoms with Crippen LogP contribution >= 0.6 is 46.4 Å². The van der Waals surface area contributed by atoms with Gasteiger partial charge in [-0.3, -0.25) is 4.79 Å². The average Bonchev–Trinajstić information content (AvgIpc) is 2.63. The first-order valence-electron chi connectivity index (χ1n) is 7.71. The van der Waals surface area contributed by atoms with Gasteiger partial charge >= 0.3 is 0 Å². The summed E-state index contributed by atoms with van der Waals surface area (Å²) in [6.07, 6.45) is 1.55. The Bertz CT molecular complexity index is 975. The van der Waals surface area contributed by atoms with E-state index in [1.807, 2.05) is 0 Å². The summed E-state index contributed by atoms with van der Waals surface area (Å²) in [4.78, 5) is 16.6.